The van der Waals surface area contributed by atoms with Gasteiger partial charge < -0.3 is 15.0 Å². The number of amidine groups is 1. The lowest BCUT2D eigenvalue weighted by Gasteiger charge is -2.07. The molecular formula is C21H15N3O3S. The van der Waals surface area contributed by atoms with Crippen molar-refractivity contribution in [2.75, 3.05) is 0 Å². The van der Waals surface area contributed by atoms with Gasteiger partial charge in [0.25, 0.3) is 5.91 Å². The van der Waals surface area contributed by atoms with Crippen molar-refractivity contribution in [1.29, 1.82) is 0 Å². The molecule has 1 saturated heterocycles. The number of amides is 1. The van der Waals surface area contributed by atoms with E-state index >= 15 is 0 Å². The molecule has 2 aromatic carbocycles. The van der Waals surface area contributed by atoms with Gasteiger partial charge in [-0.25, -0.2) is 9.79 Å². The Morgan fingerprint density at radius 2 is 1.89 bits per heavy atom. The van der Waals surface area contributed by atoms with Crippen molar-refractivity contribution in [2.24, 2.45) is 4.99 Å². The molecule has 0 saturated carbocycles. The van der Waals surface area contributed by atoms with Crippen molar-refractivity contribution in [3.8, 4) is 5.69 Å². The number of thioether (sulfide) groups is 1. The summed E-state index contributed by atoms with van der Waals surface area (Å²) in [5.41, 5.74) is 2.44. The first kappa shape index (κ1) is 17.8. The highest BCUT2D eigenvalue weighted by molar-refractivity contribution is 8.18. The molecule has 4 rings (SSSR count). The highest BCUT2D eigenvalue weighted by Crippen LogP contribution is 2.28. The summed E-state index contributed by atoms with van der Waals surface area (Å²) in [4.78, 5) is 28.5. The number of benzene rings is 2. The standard InChI is InChI=1S/C21H15N3O3S/c25-19-18(28-21(23-19)22-15-7-2-1-3-8-15)13-17-10-5-11-24(17)16-9-4-6-14(12-16)20(26)27/h1-13H,(H,26,27)(H,22,23,25)/b18-13-. The first-order valence-corrected chi connectivity index (χ1v) is 9.27. The van der Waals surface area contributed by atoms with E-state index in [0.717, 1.165) is 11.4 Å². The van der Waals surface area contributed by atoms with Gasteiger partial charge in [0, 0.05) is 17.6 Å². The molecule has 0 radical (unpaired) electrons. The Balaban J connectivity index is 1.63. The van der Waals surface area contributed by atoms with E-state index in [-0.39, 0.29) is 11.5 Å². The van der Waals surface area contributed by atoms with E-state index in [1.54, 1.807) is 24.3 Å². The second-order valence-electron chi connectivity index (χ2n) is 5.98. The predicted molar refractivity (Wildman–Crippen MR) is 110 cm³/mol. The van der Waals surface area contributed by atoms with Gasteiger partial charge in [0.05, 0.1) is 16.2 Å². The molecule has 0 aliphatic carbocycles. The summed E-state index contributed by atoms with van der Waals surface area (Å²) in [6.07, 6.45) is 3.59. The number of nitrogens with zero attached hydrogens (tertiary/aromatic N) is 2. The van der Waals surface area contributed by atoms with Crippen LogP contribution in [0.3, 0.4) is 0 Å². The van der Waals surface area contributed by atoms with Gasteiger partial charge in [-0.3, -0.25) is 4.79 Å². The Morgan fingerprint density at radius 3 is 2.68 bits per heavy atom. The zero-order valence-corrected chi connectivity index (χ0v) is 15.4. The second-order valence-corrected chi connectivity index (χ2v) is 7.01. The molecule has 1 amide bonds. The lowest BCUT2D eigenvalue weighted by molar-refractivity contribution is -0.115. The van der Waals surface area contributed by atoms with Crippen molar-refractivity contribution in [3.05, 3.63) is 89.1 Å². The Kier molecular flexibility index (Phi) is 4.82. The van der Waals surface area contributed by atoms with Crippen LogP contribution in [0.15, 0.2) is 82.8 Å². The summed E-state index contributed by atoms with van der Waals surface area (Å²) < 4.78 is 1.83. The topological polar surface area (TPSA) is 83.7 Å². The number of aromatic nitrogens is 1. The first-order chi connectivity index (χ1) is 13.6. The summed E-state index contributed by atoms with van der Waals surface area (Å²) in [5.74, 6) is -1.20. The van der Waals surface area contributed by atoms with E-state index < -0.39 is 5.97 Å². The molecule has 0 bridgehead atoms. The molecule has 138 valence electrons. The molecule has 0 atom stereocenters. The number of hydrogen-bond acceptors (Lipinski definition) is 4. The zero-order valence-electron chi connectivity index (χ0n) is 14.6. The third-order valence-electron chi connectivity index (χ3n) is 4.07. The average Bonchev–Trinajstić information content (AvgIpc) is 3.29. The van der Waals surface area contributed by atoms with Gasteiger partial charge in [-0.1, -0.05) is 24.3 Å². The van der Waals surface area contributed by atoms with Crippen molar-refractivity contribution in [3.63, 3.8) is 0 Å². The maximum absolute atomic E-state index is 12.3. The van der Waals surface area contributed by atoms with Gasteiger partial charge in [0.1, 0.15) is 0 Å². The number of carbonyl (C=O) groups is 2. The molecule has 6 nitrogen and oxygen atoms in total. The third-order valence-corrected chi connectivity index (χ3v) is 4.98. The molecule has 7 heteroatoms. The molecule has 0 unspecified atom stereocenters. The Morgan fingerprint density at radius 1 is 1.07 bits per heavy atom. The van der Waals surface area contributed by atoms with Crippen LogP contribution in [0.5, 0.6) is 0 Å². The number of carboxylic acid groups (broad SMARTS) is 1. The molecular weight excluding hydrogens is 374 g/mol. The minimum atomic E-state index is -0.985. The number of nitrogens with one attached hydrogen (secondary N) is 1. The molecule has 1 fully saturated rings. The highest BCUT2D eigenvalue weighted by atomic mass is 32.2. The van der Waals surface area contributed by atoms with E-state index in [1.165, 1.54) is 11.8 Å². The van der Waals surface area contributed by atoms with Crippen LogP contribution in [0.2, 0.25) is 0 Å². The van der Waals surface area contributed by atoms with Gasteiger partial charge in [-0.2, -0.15) is 0 Å². The SMILES string of the molecule is O=C1NC(=Nc2ccccc2)S/C1=C\c1cccn1-c1cccc(C(=O)O)c1. The number of carboxylic acids is 1. The van der Waals surface area contributed by atoms with Crippen LogP contribution in [-0.2, 0) is 4.79 Å². The molecule has 2 heterocycles. The quantitative estimate of drug-likeness (QED) is 0.659. The molecule has 2 N–H and O–H groups in total. The molecule has 1 aliphatic rings. The Labute approximate surface area is 165 Å². The second kappa shape index (κ2) is 7.58. The fourth-order valence-corrected chi connectivity index (χ4v) is 3.60. The van der Waals surface area contributed by atoms with Gasteiger partial charge in [-0.05, 0) is 60.3 Å². The normalized spacial score (nSPS) is 16.5. The smallest absolute Gasteiger partial charge is 0.335 e. The number of para-hydroxylation sites is 1. The lowest BCUT2D eigenvalue weighted by Crippen LogP contribution is -2.19. The van der Waals surface area contributed by atoms with Crippen LogP contribution in [0.25, 0.3) is 11.8 Å². The van der Waals surface area contributed by atoms with E-state index in [0.29, 0.717) is 15.8 Å². The number of aromatic carboxylic acids is 1. The van der Waals surface area contributed by atoms with Crippen molar-refractivity contribution >= 4 is 40.6 Å². The third kappa shape index (κ3) is 3.74. The molecule has 1 aromatic heterocycles. The van der Waals surface area contributed by atoms with Gasteiger partial charge in [-0.15, -0.1) is 0 Å². The Hall–Kier alpha value is -3.58. The average molecular weight is 389 g/mol. The van der Waals surface area contributed by atoms with E-state index in [2.05, 4.69) is 10.3 Å². The lowest BCUT2D eigenvalue weighted by atomic mass is 10.2. The van der Waals surface area contributed by atoms with Crippen molar-refractivity contribution in [2.45, 2.75) is 0 Å². The minimum Gasteiger partial charge on any atom is -0.478 e. The number of aliphatic imine (C=N–C) groups is 1. The van der Waals surface area contributed by atoms with E-state index in [4.69, 9.17) is 0 Å². The summed E-state index contributed by atoms with van der Waals surface area (Å²) in [5, 5.41) is 12.5. The van der Waals surface area contributed by atoms with Crippen LogP contribution in [0.1, 0.15) is 16.1 Å². The van der Waals surface area contributed by atoms with Crippen LogP contribution in [-0.4, -0.2) is 26.7 Å². The molecule has 3 aromatic rings. The first-order valence-electron chi connectivity index (χ1n) is 8.46. The number of hydrogen-bond donors (Lipinski definition) is 2. The van der Waals surface area contributed by atoms with Gasteiger partial charge >= 0.3 is 5.97 Å². The molecule has 1 aliphatic heterocycles. The van der Waals surface area contributed by atoms with E-state index in [9.17, 15) is 14.7 Å². The largest absolute Gasteiger partial charge is 0.478 e. The maximum atomic E-state index is 12.3. The molecule has 28 heavy (non-hydrogen) atoms. The minimum absolute atomic E-state index is 0.204. The Bertz CT molecular complexity index is 1120. The molecule has 0 spiro atoms. The monoisotopic (exact) mass is 389 g/mol. The summed E-state index contributed by atoms with van der Waals surface area (Å²) >= 11 is 1.27. The fraction of sp³-hybridized carbons (Fsp3) is 0. The van der Waals surface area contributed by atoms with E-state index in [1.807, 2.05) is 59.3 Å². The number of carbonyl (C=O) groups excluding carboxylic acids is 1. The maximum Gasteiger partial charge on any atom is 0.335 e. The van der Waals surface area contributed by atoms with Gasteiger partial charge in [0.2, 0.25) is 0 Å². The van der Waals surface area contributed by atoms with Crippen LogP contribution in [0.4, 0.5) is 5.69 Å². The fourth-order valence-electron chi connectivity index (χ4n) is 2.77. The van der Waals surface area contributed by atoms with Crippen molar-refractivity contribution in [1.82, 2.24) is 9.88 Å². The van der Waals surface area contributed by atoms with Gasteiger partial charge in [0.15, 0.2) is 5.17 Å². The summed E-state index contributed by atoms with van der Waals surface area (Å²) in [7, 11) is 0. The van der Waals surface area contributed by atoms with Crippen LogP contribution in [0, 0.1) is 0 Å². The highest BCUT2D eigenvalue weighted by Gasteiger charge is 2.24. The van der Waals surface area contributed by atoms with Crippen LogP contribution < -0.4 is 5.32 Å². The van der Waals surface area contributed by atoms with Crippen molar-refractivity contribution < 1.29 is 14.7 Å². The van der Waals surface area contributed by atoms with Crippen LogP contribution >= 0.6 is 11.8 Å². The predicted octanol–water partition coefficient (Wildman–Crippen LogP) is 4.07. The summed E-state index contributed by atoms with van der Waals surface area (Å²) in [6, 6.07) is 19.7. The number of rotatable bonds is 4. The summed E-state index contributed by atoms with van der Waals surface area (Å²) in [6.45, 7) is 0. The zero-order chi connectivity index (χ0) is 19.5.